The van der Waals surface area contributed by atoms with Gasteiger partial charge in [0.2, 0.25) is 17.7 Å². The molecule has 4 saturated carbocycles. The minimum atomic E-state index is -0.977. The van der Waals surface area contributed by atoms with E-state index in [-0.39, 0.29) is 42.1 Å². The van der Waals surface area contributed by atoms with Crippen LogP contribution in [0, 0.1) is 35.0 Å². The molecule has 4 fully saturated rings. The van der Waals surface area contributed by atoms with Gasteiger partial charge in [-0.3, -0.25) is 14.4 Å². The lowest BCUT2D eigenvalue weighted by Gasteiger charge is -2.57. The number of fused-ring (bicyclic) bond motifs is 1. The van der Waals surface area contributed by atoms with Crippen LogP contribution in [0.3, 0.4) is 0 Å². The molecule has 0 saturated heterocycles. The van der Waals surface area contributed by atoms with Gasteiger partial charge in [-0.15, -0.1) is 0 Å². The van der Waals surface area contributed by atoms with E-state index >= 15 is 4.79 Å². The second-order valence-corrected chi connectivity index (χ2v) is 18.3. The Morgan fingerprint density at radius 2 is 1.12 bits per heavy atom. The number of esters is 1. The molecule has 3 N–H and O–H groups in total. The molecule has 8 nitrogen and oxygen atoms in total. The van der Waals surface area contributed by atoms with Crippen LogP contribution in [0.2, 0.25) is 0 Å². The van der Waals surface area contributed by atoms with Crippen LogP contribution in [0.5, 0.6) is 0 Å². The van der Waals surface area contributed by atoms with Crippen LogP contribution >= 0.6 is 0 Å². The molecule has 0 radical (unpaired) electrons. The van der Waals surface area contributed by atoms with E-state index in [0.717, 1.165) is 51.1 Å². The van der Waals surface area contributed by atoms with Crippen LogP contribution in [-0.4, -0.2) is 36.3 Å². The van der Waals surface area contributed by atoms with Crippen molar-refractivity contribution in [1.82, 2.24) is 10.6 Å². The molecule has 8 heteroatoms. The van der Waals surface area contributed by atoms with Crippen molar-refractivity contribution in [3.63, 3.8) is 0 Å². The molecule has 7 aliphatic carbocycles. The first-order valence-electron chi connectivity index (χ1n) is 21.7. The largest absolute Gasteiger partial charge is 0.457 e. The molecular formula is C52H51N3O5. The van der Waals surface area contributed by atoms with Crippen LogP contribution in [0.25, 0.3) is 0 Å². The van der Waals surface area contributed by atoms with Crippen molar-refractivity contribution in [2.24, 2.45) is 35.0 Å². The van der Waals surface area contributed by atoms with Gasteiger partial charge in [-0.2, -0.15) is 0 Å². The highest BCUT2D eigenvalue weighted by Gasteiger charge is 2.56. The standard InChI is InChI=1S/C52H51N3O5/c56-48(54-38-17-11-16-37(26-38)51(59)60-30-33-14-5-2-6-15-33)43(25-32-12-3-1-4-13-32)55-50(58)47-45-41-20-9-7-18-39(41)44(40-19-8-10-21-42(40)45)46(47)49(57)53-31-52-27-34-22-35(28-52)24-36(23-34)29-52/h1-21,26,34-36,43-47H,22-25,27-31H2,(H,53,57)(H,54,56)(H,55,58)/t34?,35?,36?,43-,44?,45?,46-,47+,52?/m0/s1. The Bertz CT molecular complexity index is 2350. The number of carbonyl (C=O) groups is 4. The number of benzene rings is 5. The Labute approximate surface area is 351 Å². The molecule has 12 rings (SSSR count). The maximum absolute atomic E-state index is 15.2. The van der Waals surface area contributed by atoms with Crippen molar-refractivity contribution in [2.75, 3.05) is 11.9 Å². The van der Waals surface area contributed by atoms with Gasteiger partial charge in [-0.1, -0.05) is 115 Å². The van der Waals surface area contributed by atoms with Gasteiger partial charge in [0.15, 0.2) is 0 Å². The minimum absolute atomic E-state index is 0.0788. The number of amides is 3. The quantitative estimate of drug-likeness (QED) is 0.110. The monoisotopic (exact) mass is 797 g/mol. The number of nitrogens with one attached hydrogen (secondary N) is 3. The van der Waals surface area contributed by atoms with Crippen LogP contribution in [-0.2, 0) is 32.1 Å². The number of rotatable bonds is 12. The average Bonchev–Trinajstić information content (AvgIpc) is 3.27. The third-order valence-electron chi connectivity index (χ3n) is 14.3. The zero-order chi connectivity index (χ0) is 40.8. The summed E-state index contributed by atoms with van der Waals surface area (Å²) in [7, 11) is 0. The van der Waals surface area contributed by atoms with E-state index in [9.17, 15) is 14.4 Å². The van der Waals surface area contributed by atoms with Crippen molar-refractivity contribution >= 4 is 29.4 Å². The summed E-state index contributed by atoms with van der Waals surface area (Å²) in [6.07, 6.45) is 7.77. The van der Waals surface area contributed by atoms with Crippen molar-refractivity contribution in [3.05, 3.63) is 172 Å². The number of ether oxygens (including phenoxy) is 1. The van der Waals surface area contributed by atoms with E-state index in [2.05, 4.69) is 40.2 Å². The fourth-order valence-corrected chi connectivity index (χ4v) is 12.3. The first-order chi connectivity index (χ1) is 29.3. The molecule has 3 atom stereocenters. The van der Waals surface area contributed by atoms with Gasteiger partial charge in [-0.05, 0) is 113 Å². The zero-order valence-corrected chi connectivity index (χ0v) is 33.7. The lowest BCUT2D eigenvalue weighted by molar-refractivity contribution is -0.139. The zero-order valence-electron chi connectivity index (χ0n) is 33.7. The summed E-state index contributed by atoms with van der Waals surface area (Å²) in [4.78, 5) is 57.6. The minimum Gasteiger partial charge on any atom is -0.457 e. The fourth-order valence-electron chi connectivity index (χ4n) is 12.3. The summed E-state index contributed by atoms with van der Waals surface area (Å²) in [6, 6.07) is 41.2. The summed E-state index contributed by atoms with van der Waals surface area (Å²) < 4.78 is 5.56. The van der Waals surface area contributed by atoms with Crippen molar-refractivity contribution < 1.29 is 23.9 Å². The van der Waals surface area contributed by atoms with Gasteiger partial charge in [0.1, 0.15) is 12.6 Å². The third kappa shape index (κ3) is 7.31. The van der Waals surface area contributed by atoms with Gasteiger partial charge in [0, 0.05) is 30.5 Å². The molecule has 0 heterocycles. The number of hydrogen-bond acceptors (Lipinski definition) is 5. The SMILES string of the molecule is O=C(OCc1ccccc1)c1cccc(NC(=O)[C@H](Cc2ccccc2)NC(=O)[C@@H]2C3c4ccccc4C(c4ccccc43)[C@@H]2C(=O)NCC23CC4CC(CC(C4)C2)C3)c1. The Morgan fingerprint density at radius 3 is 1.68 bits per heavy atom. The van der Waals surface area contributed by atoms with Crippen LogP contribution in [0.4, 0.5) is 5.69 Å². The second-order valence-electron chi connectivity index (χ2n) is 18.3. The lowest BCUT2D eigenvalue weighted by atomic mass is 9.49. The number of anilines is 1. The topological polar surface area (TPSA) is 114 Å². The maximum atomic E-state index is 15.2. The summed E-state index contributed by atoms with van der Waals surface area (Å²) in [5.41, 5.74) is 6.91. The smallest absolute Gasteiger partial charge is 0.338 e. The lowest BCUT2D eigenvalue weighted by Crippen LogP contribution is -2.57. The highest BCUT2D eigenvalue weighted by molar-refractivity contribution is 6.00. The third-order valence-corrected chi connectivity index (χ3v) is 14.3. The van der Waals surface area contributed by atoms with E-state index in [1.807, 2.05) is 84.9 Å². The first kappa shape index (κ1) is 38.2. The Kier molecular flexibility index (Phi) is 10.1. The molecule has 7 aliphatic rings. The predicted octanol–water partition coefficient (Wildman–Crippen LogP) is 8.57. The summed E-state index contributed by atoms with van der Waals surface area (Å²) in [5.74, 6) is -1.12. The molecule has 0 aliphatic heterocycles. The second kappa shape index (κ2) is 15.9. The molecule has 0 aromatic heterocycles. The fraction of sp³-hybridized carbons (Fsp3) is 0.346. The highest BCUT2D eigenvalue weighted by Crippen LogP contribution is 2.61. The molecule has 5 aromatic carbocycles. The van der Waals surface area contributed by atoms with Gasteiger partial charge < -0.3 is 20.7 Å². The van der Waals surface area contributed by atoms with Crippen LogP contribution in [0.1, 0.15) is 94.1 Å². The Morgan fingerprint density at radius 1 is 0.600 bits per heavy atom. The van der Waals surface area contributed by atoms with E-state index in [1.54, 1.807) is 24.3 Å². The molecule has 3 amide bonds. The predicted molar refractivity (Wildman–Crippen MR) is 230 cm³/mol. The maximum Gasteiger partial charge on any atom is 0.338 e. The number of hydrogen-bond donors (Lipinski definition) is 3. The molecule has 5 aromatic rings. The van der Waals surface area contributed by atoms with Crippen molar-refractivity contribution in [3.8, 4) is 0 Å². The Balaban J connectivity index is 0.935. The summed E-state index contributed by atoms with van der Waals surface area (Å²) >= 11 is 0. The molecule has 304 valence electrons. The van der Waals surface area contributed by atoms with E-state index in [0.29, 0.717) is 17.8 Å². The van der Waals surface area contributed by atoms with Crippen LogP contribution < -0.4 is 16.0 Å². The molecule has 0 unspecified atom stereocenters. The molecule has 0 spiro atoms. The van der Waals surface area contributed by atoms with E-state index in [4.69, 9.17) is 4.74 Å². The summed E-state index contributed by atoms with van der Waals surface area (Å²) in [5, 5.41) is 9.66. The van der Waals surface area contributed by atoms with Crippen molar-refractivity contribution in [2.45, 2.75) is 69.4 Å². The number of carbonyl (C=O) groups excluding carboxylic acids is 4. The van der Waals surface area contributed by atoms with E-state index in [1.165, 1.54) is 38.5 Å². The van der Waals surface area contributed by atoms with E-state index < -0.39 is 29.8 Å². The van der Waals surface area contributed by atoms with Gasteiger partial charge in [0.25, 0.3) is 0 Å². The Hall–Kier alpha value is -6.02. The normalized spacial score (nSPS) is 26.9. The molecular weight excluding hydrogens is 747 g/mol. The first-order valence-corrected chi connectivity index (χ1v) is 21.7. The van der Waals surface area contributed by atoms with Crippen LogP contribution in [0.15, 0.2) is 133 Å². The average molecular weight is 798 g/mol. The van der Waals surface area contributed by atoms with Crippen molar-refractivity contribution in [1.29, 1.82) is 0 Å². The van der Waals surface area contributed by atoms with Gasteiger partial charge in [-0.25, -0.2) is 4.79 Å². The highest BCUT2D eigenvalue weighted by atomic mass is 16.5. The molecule has 60 heavy (non-hydrogen) atoms. The van der Waals surface area contributed by atoms with Gasteiger partial charge in [0.05, 0.1) is 17.4 Å². The molecule has 6 bridgehead atoms. The summed E-state index contributed by atoms with van der Waals surface area (Å²) in [6.45, 7) is 0.777. The van der Waals surface area contributed by atoms with Gasteiger partial charge >= 0.3 is 5.97 Å².